The molecule has 0 aromatic heterocycles. The maximum Gasteiger partial charge on any atom is 0.269 e. The predicted molar refractivity (Wildman–Crippen MR) is 91.1 cm³/mol. The summed E-state index contributed by atoms with van der Waals surface area (Å²) in [5.41, 5.74) is 0.530. The number of hydrogen-bond donors (Lipinski definition) is 2. The van der Waals surface area contributed by atoms with E-state index in [9.17, 15) is 30.4 Å². The molecule has 2 atom stereocenters. The normalized spacial score (nSPS) is 12.7. The van der Waals surface area contributed by atoms with E-state index in [1.807, 2.05) is 0 Å². The first-order valence-electron chi connectivity index (χ1n) is 7.23. The summed E-state index contributed by atoms with van der Waals surface area (Å²) in [6.07, 6.45) is -1.63. The molecule has 127 valence electrons. The molecular formula is C16H16N2NaO6. The average molecular weight is 355 g/mol. The van der Waals surface area contributed by atoms with Crippen molar-refractivity contribution >= 4 is 40.9 Å². The van der Waals surface area contributed by atoms with E-state index in [0.29, 0.717) is 11.1 Å². The number of non-ortho nitro benzene ring substituents is 2. The Bertz CT molecular complexity index is 691. The predicted octanol–water partition coefficient (Wildman–Crippen LogP) is 2.67. The van der Waals surface area contributed by atoms with E-state index in [4.69, 9.17) is 0 Å². The summed E-state index contributed by atoms with van der Waals surface area (Å²) >= 11 is 0. The van der Waals surface area contributed by atoms with Gasteiger partial charge in [-0.15, -0.1) is 0 Å². The van der Waals surface area contributed by atoms with E-state index in [-0.39, 0.29) is 53.8 Å². The van der Waals surface area contributed by atoms with Crippen LogP contribution >= 0.6 is 0 Å². The van der Waals surface area contributed by atoms with Crippen molar-refractivity contribution in [3.05, 3.63) is 79.9 Å². The van der Waals surface area contributed by atoms with E-state index in [1.54, 1.807) is 12.1 Å². The molecule has 1 radical (unpaired) electrons. The van der Waals surface area contributed by atoms with Crippen molar-refractivity contribution < 1.29 is 20.1 Å². The second kappa shape index (κ2) is 9.59. The minimum absolute atomic E-state index is 0. The second-order valence-corrected chi connectivity index (χ2v) is 5.31. The van der Waals surface area contributed by atoms with E-state index < -0.39 is 22.1 Å². The molecule has 0 saturated heterocycles. The fourth-order valence-electron chi connectivity index (χ4n) is 2.34. The van der Waals surface area contributed by atoms with Crippen LogP contribution in [0.3, 0.4) is 0 Å². The first-order valence-corrected chi connectivity index (χ1v) is 7.23. The number of nitro benzene ring substituents is 2. The Hall–Kier alpha value is -1.84. The standard InChI is InChI=1S/C16H16N2O6.Na/c19-15(11-3-1-5-13(9-11)17(21)22)7-8-16(20)12-4-2-6-14(10-12)18(23)24;/h1-6,9-10,15-16,19-20H,7-8H2;. The SMILES string of the molecule is O=[N+]([O-])c1cccc(C(O)CCC(O)c2cccc([N+](=O)[O-])c2)c1.[Na]. The van der Waals surface area contributed by atoms with Crippen LogP contribution < -0.4 is 0 Å². The molecular weight excluding hydrogens is 339 g/mol. The van der Waals surface area contributed by atoms with Crippen LogP contribution in [0.2, 0.25) is 0 Å². The van der Waals surface area contributed by atoms with E-state index in [2.05, 4.69) is 0 Å². The molecule has 2 rings (SSSR count). The minimum atomic E-state index is -0.974. The van der Waals surface area contributed by atoms with Crippen molar-refractivity contribution in [3.8, 4) is 0 Å². The topological polar surface area (TPSA) is 127 Å². The zero-order chi connectivity index (χ0) is 17.7. The zero-order valence-electron chi connectivity index (χ0n) is 13.6. The van der Waals surface area contributed by atoms with Crippen molar-refractivity contribution in [2.75, 3.05) is 0 Å². The Morgan fingerprint density at radius 2 is 1.16 bits per heavy atom. The molecule has 0 fully saturated rings. The molecule has 0 aliphatic carbocycles. The van der Waals surface area contributed by atoms with Crippen molar-refractivity contribution in [2.45, 2.75) is 25.0 Å². The molecule has 2 aromatic carbocycles. The number of rotatable bonds is 7. The molecule has 0 saturated carbocycles. The van der Waals surface area contributed by atoms with Gasteiger partial charge < -0.3 is 10.2 Å². The van der Waals surface area contributed by atoms with Crippen LogP contribution in [-0.2, 0) is 0 Å². The number of hydrogen-bond acceptors (Lipinski definition) is 6. The maximum absolute atomic E-state index is 10.7. The van der Waals surface area contributed by atoms with Gasteiger partial charge in [-0.3, -0.25) is 20.2 Å². The molecule has 0 heterocycles. The van der Waals surface area contributed by atoms with Gasteiger partial charge in [0.2, 0.25) is 0 Å². The molecule has 0 aliphatic heterocycles. The third kappa shape index (κ3) is 5.87. The summed E-state index contributed by atoms with van der Waals surface area (Å²) in [5, 5.41) is 41.7. The number of nitrogens with zero attached hydrogens (tertiary/aromatic N) is 2. The maximum atomic E-state index is 10.7. The summed E-state index contributed by atoms with van der Waals surface area (Å²) in [5.74, 6) is 0. The molecule has 2 N–H and O–H groups in total. The first-order chi connectivity index (χ1) is 11.4. The van der Waals surface area contributed by atoms with E-state index in [0.717, 1.165) is 0 Å². The van der Waals surface area contributed by atoms with Gasteiger partial charge in [-0.25, -0.2) is 0 Å². The van der Waals surface area contributed by atoms with Crippen LogP contribution in [0.15, 0.2) is 48.5 Å². The monoisotopic (exact) mass is 355 g/mol. The fraction of sp³-hybridized carbons (Fsp3) is 0.250. The molecule has 2 aromatic rings. The van der Waals surface area contributed by atoms with Crippen molar-refractivity contribution in [1.82, 2.24) is 0 Å². The van der Waals surface area contributed by atoms with E-state index in [1.165, 1.54) is 36.4 Å². The summed E-state index contributed by atoms with van der Waals surface area (Å²) in [7, 11) is 0. The Morgan fingerprint density at radius 3 is 1.48 bits per heavy atom. The molecule has 2 unspecified atom stereocenters. The largest absolute Gasteiger partial charge is 0.388 e. The van der Waals surface area contributed by atoms with Gasteiger partial charge in [0, 0.05) is 53.8 Å². The van der Waals surface area contributed by atoms with Crippen LogP contribution in [0.25, 0.3) is 0 Å². The molecule has 0 spiro atoms. The molecule has 8 nitrogen and oxygen atoms in total. The van der Waals surface area contributed by atoms with Crippen molar-refractivity contribution in [1.29, 1.82) is 0 Å². The van der Waals surface area contributed by atoms with Crippen molar-refractivity contribution in [2.24, 2.45) is 0 Å². The van der Waals surface area contributed by atoms with Gasteiger partial charge in [0.15, 0.2) is 0 Å². The van der Waals surface area contributed by atoms with Gasteiger partial charge in [-0.05, 0) is 24.0 Å². The summed E-state index contributed by atoms with van der Waals surface area (Å²) < 4.78 is 0. The zero-order valence-corrected chi connectivity index (χ0v) is 15.6. The van der Waals surface area contributed by atoms with Crippen LogP contribution in [0.4, 0.5) is 11.4 Å². The minimum Gasteiger partial charge on any atom is -0.388 e. The Balaban J connectivity index is 0.00000312. The van der Waals surface area contributed by atoms with Crippen LogP contribution in [-0.4, -0.2) is 49.6 Å². The molecule has 9 heteroatoms. The van der Waals surface area contributed by atoms with Gasteiger partial charge in [-0.1, -0.05) is 24.3 Å². The quantitative estimate of drug-likeness (QED) is 0.446. The van der Waals surface area contributed by atoms with Gasteiger partial charge in [0.25, 0.3) is 11.4 Å². The number of aliphatic hydroxyl groups excluding tert-OH is 2. The molecule has 0 aliphatic rings. The van der Waals surface area contributed by atoms with Crippen molar-refractivity contribution in [3.63, 3.8) is 0 Å². The number of aliphatic hydroxyl groups is 2. The smallest absolute Gasteiger partial charge is 0.269 e. The number of nitro groups is 2. The summed E-state index contributed by atoms with van der Waals surface area (Å²) in [6, 6.07) is 11.3. The Labute approximate surface area is 165 Å². The van der Waals surface area contributed by atoms with Crippen LogP contribution in [0.1, 0.15) is 36.2 Å². The molecule has 25 heavy (non-hydrogen) atoms. The first kappa shape index (κ1) is 21.2. The molecule has 0 bridgehead atoms. The number of benzene rings is 2. The van der Waals surface area contributed by atoms with Crippen LogP contribution in [0.5, 0.6) is 0 Å². The summed E-state index contributed by atoms with van der Waals surface area (Å²) in [6.45, 7) is 0. The van der Waals surface area contributed by atoms with E-state index >= 15 is 0 Å². The Kier molecular flexibility index (Phi) is 8.14. The third-order valence-corrected chi connectivity index (χ3v) is 3.65. The van der Waals surface area contributed by atoms with Crippen LogP contribution in [0, 0.1) is 20.2 Å². The third-order valence-electron chi connectivity index (χ3n) is 3.65. The fourth-order valence-corrected chi connectivity index (χ4v) is 2.34. The second-order valence-electron chi connectivity index (χ2n) is 5.31. The Morgan fingerprint density at radius 1 is 0.800 bits per heavy atom. The molecule has 0 amide bonds. The van der Waals surface area contributed by atoms with Gasteiger partial charge in [0.05, 0.1) is 22.1 Å². The van der Waals surface area contributed by atoms with Gasteiger partial charge in [0.1, 0.15) is 0 Å². The summed E-state index contributed by atoms with van der Waals surface area (Å²) in [4.78, 5) is 20.4. The van der Waals surface area contributed by atoms with Gasteiger partial charge >= 0.3 is 0 Å². The van der Waals surface area contributed by atoms with Gasteiger partial charge in [-0.2, -0.15) is 0 Å². The average Bonchev–Trinajstić information content (AvgIpc) is 2.59.